The molecule has 7 heavy (non-hydrogen) atoms. The number of hydrogen-bond acceptors (Lipinski definition) is 4. The van der Waals surface area contributed by atoms with E-state index in [9.17, 15) is 0 Å². The third-order valence-corrected chi connectivity index (χ3v) is 0. The quantitative estimate of drug-likeness (QED) is 0.284. The van der Waals surface area contributed by atoms with Crippen LogP contribution in [0.15, 0.2) is 0 Å². The summed E-state index contributed by atoms with van der Waals surface area (Å²) in [5.74, 6) is 0. The zero-order valence-corrected chi connectivity index (χ0v) is 5.56. The Bertz CT molecular complexity index is 94.9. The van der Waals surface area contributed by atoms with Gasteiger partial charge in [0.2, 0.25) is 0 Å². The SMILES string of the molecule is O=S(=O)([O-])[O-].[Cu].[Fe+2]. The van der Waals surface area contributed by atoms with Gasteiger partial charge in [-0.15, -0.1) is 0 Å². The fourth-order valence-electron chi connectivity index (χ4n) is 0. The molecule has 0 aliphatic heterocycles. The molecule has 0 saturated carbocycles. The van der Waals surface area contributed by atoms with Crippen LogP contribution in [0, 0.1) is 0 Å². The van der Waals surface area contributed by atoms with E-state index >= 15 is 0 Å². The summed E-state index contributed by atoms with van der Waals surface area (Å²) >= 11 is 0. The van der Waals surface area contributed by atoms with Crippen LogP contribution in [0.4, 0.5) is 0 Å². The molecule has 0 aliphatic carbocycles. The molecule has 0 amide bonds. The van der Waals surface area contributed by atoms with Crippen LogP contribution in [0.2, 0.25) is 0 Å². The van der Waals surface area contributed by atoms with Crippen LogP contribution in [0.1, 0.15) is 0 Å². The molecule has 0 aromatic carbocycles. The van der Waals surface area contributed by atoms with E-state index in [0.717, 1.165) is 0 Å². The molecule has 4 nitrogen and oxygen atoms in total. The number of rotatable bonds is 0. The maximum atomic E-state index is 8.52. The Kier molecular flexibility index (Phi) is 11.3. The van der Waals surface area contributed by atoms with Gasteiger partial charge in [0.15, 0.2) is 0 Å². The van der Waals surface area contributed by atoms with Crippen LogP contribution >= 0.6 is 0 Å². The van der Waals surface area contributed by atoms with Crippen molar-refractivity contribution in [3.05, 3.63) is 0 Å². The van der Waals surface area contributed by atoms with Crippen molar-refractivity contribution in [3.63, 3.8) is 0 Å². The third kappa shape index (κ3) is 202. The van der Waals surface area contributed by atoms with E-state index < -0.39 is 10.4 Å². The van der Waals surface area contributed by atoms with Gasteiger partial charge in [0.1, 0.15) is 0 Å². The van der Waals surface area contributed by atoms with Crippen molar-refractivity contribution in [2.45, 2.75) is 0 Å². The second kappa shape index (κ2) is 5.05. The monoisotopic (exact) mass is 215 g/mol. The van der Waals surface area contributed by atoms with E-state index in [4.69, 9.17) is 17.5 Å². The normalized spacial score (nSPS) is 8.29. The smallest absolute Gasteiger partial charge is 0.759 e. The summed E-state index contributed by atoms with van der Waals surface area (Å²) in [4.78, 5) is 0. The molecule has 0 bridgehead atoms. The van der Waals surface area contributed by atoms with Gasteiger partial charge in [-0.05, 0) is 0 Å². The molecule has 0 N–H and O–H groups in total. The van der Waals surface area contributed by atoms with E-state index in [2.05, 4.69) is 0 Å². The molecule has 49 valence electrons. The van der Waals surface area contributed by atoms with Crippen molar-refractivity contribution in [2.24, 2.45) is 0 Å². The fraction of sp³-hybridized carbons (Fsp3) is 0. The Hall–Kier alpha value is 0.909. The predicted octanol–water partition coefficient (Wildman–Crippen LogP) is -1.34. The Balaban J connectivity index is -0.0000000800. The first-order valence-electron chi connectivity index (χ1n) is 0.667. The third-order valence-electron chi connectivity index (χ3n) is 0. The van der Waals surface area contributed by atoms with Crippen LogP contribution in [0.5, 0.6) is 0 Å². The molecule has 0 fully saturated rings. The molecule has 0 atom stereocenters. The van der Waals surface area contributed by atoms with Gasteiger partial charge in [0.05, 0.1) is 0 Å². The standard InChI is InChI=1S/Cu.Fe.H2O4S/c;;1-5(2,3)4/h;;(H2,1,2,3,4)/q;+2;/p-2. The summed E-state index contributed by atoms with van der Waals surface area (Å²) in [6, 6.07) is 0. The van der Waals surface area contributed by atoms with Crippen molar-refractivity contribution >= 4 is 10.4 Å². The summed E-state index contributed by atoms with van der Waals surface area (Å²) in [6.45, 7) is 0. The minimum Gasteiger partial charge on any atom is -0.759 e. The second-order valence-electron chi connectivity index (χ2n) is 0.408. The zero-order chi connectivity index (χ0) is 4.50. The molecule has 0 spiro atoms. The van der Waals surface area contributed by atoms with Gasteiger partial charge < -0.3 is 9.11 Å². The first-order chi connectivity index (χ1) is 2.00. The summed E-state index contributed by atoms with van der Waals surface area (Å²) in [5.41, 5.74) is 0. The maximum Gasteiger partial charge on any atom is 2.00 e. The number of hydrogen-bond donors (Lipinski definition) is 0. The fourth-order valence-corrected chi connectivity index (χ4v) is 0. The van der Waals surface area contributed by atoms with Crippen molar-refractivity contribution in [3.8, 4) is 0 Å². The Morgan fingerprint density at radius 2 is 1.14 bits per heavy atom. The van der Waals surface area contributed by atoms with Crippen LogP contribution in [0.25, 0.3) is 0 Å². The second-order valence-corrected chi connectivity index (χ2v) is 1.22. The summed E-state index contributed by atoms with van der Waals surface area (Å²) in [6.07, 6.45) is 0. The van der Waals surface area contributed by atoms with Gasteiger partial charge in [0.25, 0.3) is 0 Å². The van der Waals surface area contributed by atoms with Crippen molar-refractivity contribution in [1.29, 1.82) is 0 Å². The summed E-state index contributed by atoms with van der Waals surface area (Å²) in [7, 11) is -5.17. The molecule has 0 saturated heterocycles. The molecular formula is CuFeO4S. The van der Waals surface area contributed by atoms with Gasteiger partial charge in [-0.1, -0.05) is 0 Å². The van der Waals surface area contributed by atoms with Gasteiger partial charge in [-0.3, -0.25) is 8.42 Å². The van der Waals surface area contributed by atoms with Gasteiger partial charge in [-0.2, -0.15) is 0 Å². The minimum atomic E-state index is -5.17. The van der Waals surface area contributed by atoms with Crippen LogP contribution in [-0.2, 0) is 44.5 Å². The van der Waals surface area contributed by atoms with E-state index in [-0.39, 0.29) is 34.1 Å². The Labute approximate surface area is 62.2 Å². The van der Waals surface area contributed by atoms with E-state index in [0.29, 0.717) is 0 Å². The van der Waals surface area contributed by atoms with Crippen LogP contribution in [0.3, 0.4) is 0 Å². The van der Waals surface area contributed by atoms with Crippen molar-refractivity contribution in [2.75, 3.05) is 0 Å². The molecule has 0 aliphatic rings. The largest absolute Gasteiger partial charge is 2.00 e. The van der Waals surface area contributed by atoms with Gasteiger partial charge in [-0.25, -0.2) is 0 Å². The summed E-state index contributed by atoms with van der Waals surface area (Å²) < 4.78 is 34.1. The van der Waals surface area contributed by atoms with Crippen molar-refractivity contribution < 1.29 is 51.7 Å². The average molecular weight is 215 g/mol. The van der Waals surface area contributed by atoms with E-state index in [1.165, 1.54) is 0 Å². The van der Waals surface area contributed by atoms with Crippen LogP contribution < -0.4 is 0 Å². The van der Waals surface area contributed by atoms with Crippen molar-refractivity contribution in [1.82, 2.24) is 0 Å². The molecule has 7 heteroatoms. The first-order valence-corrected chi connectivity index (χ1v) is 2.00. The zero-order valence-electron chi connectivity index (χ0n) is 2.70. The molecule has 0 unspecified atom stereocenters. The molecule has 1 radical (unpaired) electrons. The van der Waals surface area contributed by atoms with E-state index in [1.54, 1.807) is 0 Å². The van der Waals surface area contributed by atoms with Crippen LogP contribution in [-0.4, -0.2) is 17.5 Å². The molecule has 0 aromatic rings. The topological polar surface area (TPSA) is 80.3 Å². The molecule has 0 rings (SSSR count). The maximum absolute atomic E-state index is 8.52. The first kappa shape index (κ1) is 15.7. The minimum absolute atomic E-state index is 0. The average Bonchev–Trinajstić information content (AvgIpc) is 0.722. The molecule has 0 heterocycles. The Morgan fingerprint density at radius 1 is 1.14 bits per heavy atom. The molecular weight excluding hydrogens is 215 g/mol. The predicted molar refractivity (Wildman–Crippen MR) is 10.5 cm³/mol. The van der Waals surface area contributed by atoms with Gasteiger partial charge >= 0.3 is 17.1 Å². The molecule has 0 aromatic heterocycles. The Morgan fingerprint density at radius 3 is 1.14 bits per heavy atom. The van der Waals surface area contributed by atoms with E-state index in [1.807, 2.05) is 0 Å². The summed E-state index contributed by atoms with van der Waals surface area (Å²) in [5, 5.41) is 0. The van der Waals surface area contributed by atoms with Gasteiger partial charge in [0, 0.05) is 27.5 Å².